The molecule has 0 radical (unpaired) electrons. The lowest BCUT2D eigenvalue weighted by atomic mass is 9.96. The third kappa shape index (κ3) is 13.1. The topological polar surface area (TPSA) is 105 Å². The molecule has 1 aliphatic carbocycles. The van der Waals surface area contributed by atoms with Gasteiger partial charge in [-0.25, -0.2) is 24.9 Å². The molecule has 9 aromatic heterocycles. The van der Waals surface area contributed by atoms with E-state index in [2.05, 4.69) is 450 Å². The van der Waals surface area contributed by atoms with Crippen molar-refractivity contribution in [2.45, 2.75) is 0 Å². The summed E-state index contributed by atoms with van der Waals surface area (Å²) in [7, 11) is 0. The number of fused-ring (bicyclic) bond motifs is 24. The molecule has 21 aromatic carbocycles. The van der Waals surface area contributed by atoms with Gasteiger partial charge in [0.1, 0.15) is 26.5 Å². The molecular formula is C130H77N9OS2. The summed E-state index contributed by atoms with van der Waals surface area (Å²) in [5.74, 6) is 3.88. The zero-order valence-corrected chi connectivity index (χ0v) is 77.8. The number of hydrogen-bond acceptors (Lipinski definition) is 9. The van der Waals surface area contributed by atoms with Crippen molar-refractivity contribution in [3.05, 3.63) is 467 Å². The van der Waals surface area contributed by atoms with Crippen LogP contribution in [0.3, 0.4) is 0 Å². The van der Waals surface area contributed by atoms with Gasteiger partial charge in [-0.15, -0.1) is 22.7 Å². The molecule has 0 amide bonds. The Hall–Kier alpha value is -18.5. The number of hydrogen-bond donors (Lipinski definition) is 0. The average Bonchev–Trinajstić information content (AvgIpc) is 1.56. The number of nitrogens with zero attached hydrogens (tertiary/aromatic N) is 9. The van der Waals surface area contributed by atoms with E-state index in [0.717, 1.165) is 160 Å². The quantitative estimate of drug-likeness (QED) is 0.134. The predicted molar refractivity (Wildman–Crippen MR) is 595 cm³/mol. The number of aromatic nitrogens is 9. The van der Waals surface area contributed by atoms with Gasteiger partial charge in [-0.1, -0.05) is 358 Å². The fourth-order valence-electron chi connectivity index (χ4n) is 22.0. The van der Waals surface area contributed by atoms with Crippen molar-refractivity contribution >= 4 is 194 Å². The van der Waals surface area contributed by atoms with E-state index in [1.165, 1.54) is 112 Å². The molecule has 0 bridgehead atoms. The normalized spacial score (nSPS) is 11.9. The summed E-state index contributed by atoms with van der Waals surface area (Å²) in [5, 5.41) is 22.3. The van der Waals surface area contributed by atoms with E-state index >= 15 is 0 Å². The van der Waals surface area contributed by atoms with Crippen LogP contribution >= 0.6 is 22.7 Å². The molecule has 0 fully saturated rings. The van der Waals surface area contributed by atoms with Gasteiger partial charge >= 0.3 is 0 Å². The highest BCUT2D eigenvalue weighted by Crippen LogP contribution is 2.53. The van der Waals surface area contributed by atoms with Gasteiger partial charge in [-0.2, -0.15) is 4.98 Å². The molecule has 0 saturated heterocycles. The number of furan rings is 1. The fourth-order valence-corrected chi connectivity index (χ4v) is 24.1. The molecule has 0 aliphatic heterocycles. The van der Waals surface area contributed by atoms with Crippen molar-refractivity contribution in [2.24, 2.45) is 0 Å². The Balaban J connectivity index is 0.000000102. The van der Waals surface area contributed by atoms with Gasteiger partial charge in [0.2, 0.25) is 5.71 Å². The number of benzene rings is 21. The first kappa shape index (κ1) is 80.8. The maximum atomic E-state index is 6.51. The summed E-state index contributed by atoms with van der Waals surface area (Å²) in [4.78, 5) is 34.5. The lowest BCUT2D eigenvalue weighted by Crippen LogP contribution is -2.03. The Bertz CT molecular complexity index is 9940. The predicted octanol–water partition coefficient (Wildman–Crippen LogP) is 35.3. The first-order valence-corrected chi connectivity index (χ1v) is 49.6. The van der Waals surface area contributed by atoms with Crippen molar-refractivity contribution in [2.75, 3.05) is 0 Å². The molecule has 10 nitrogen and oxygen atoms in total. The molecule has 0 unspecified atom stereocenters. The molecule has 12 heteroatoms. The van der Waals surface area contributed by atoms with Crippen molar-refractivity contribution in [3.8, 4) is 118 Å². The molecule has 660 valence electrons. The molecule has 31 rings (SSSR count). The zero-order valence-electron chi connectivity index (χ0n) is 76.2. The molecule has 0 saturated carbocycles. The van der Waals surface area contributed by atoms with Crippen LogP contribution in [0.1, 0.15) is 0 Å². The molecule has 0 spiro atoms. The van der Waals surface area contributed by atoms with Gasteiger partial charge in [0.25, 0.3) is 0 Å². The summed E-state index contributed by atoms with van der Waals surface area (Å²) in [5.41, 5.74) is 27.1. The monoisotopic (exact) mass is 1840 g/mol. The fraction of sp³-hybridized carbons (Fsp3) is 0. The highest BCUT2D eigenvalue weighted by Gasteiger charge is 2.30. The summed E-state index contributed by atoms with van der Waals surface area (Å²) < 4.78 is 15.9. The molecule has 1 aliphatic rings. The Morgan fingerprint density at radius 1 is 0.190 bits per heavy atom. The van der Waals surface area contributed by atoms with Crippen LogP contribution in [0.15, 0.2) is 472 Å². The summed E-state index contributed by atoms with van der Waals surface area (Å²) in [6.45, 7) is 0. The summed E-state index contributed by atoms with van der Waals surface area (Å²) in [6, 6.07) is 166. The van der Waals surface area contributed by atoms with E-state index in [4.69, 9.17) is 34.3 Å². The van der Waals surface area contributed by atoms with E-state index in [-0.39, 0.29) is 0 Å². The standard InChI is InChI=1S/C44H27N3O.C44H27N3S.C42H23N3S/c2*1-3-13-28(14-4-1)32-23-33(29-15-5-2-6-16-29)25-34(24-32)42-45-43(41-36-20-10-12-22-40(36)48-44(41)46-42)47-38-21-11-9-19-35(38)37-26-30-17-7-8-18-31(30)27-39(37)47;1-2-11-25-23-36-34(22-24(25)10-1)28-14-5-7-18-35(28)45(36)41-39(43-40-33-15-6-8-19-37(33)46-42(40)44-41)32-21-20-31-27-13-4-3-12-26(27)29-16-9-17-30(32)38(29)31/h2*1-27H;1-23H. The lowest BCUT2D eigenvalue weighted by Gasteiger charge is -2.15. The van der Waals surface area contributed by atoms with Crippen LogP contribution in [0.25, 0.3) is 290 Å². The largest absolute Gasteiger partial charge is 0.437 e. The Kier molecular flexibility index (Phi) is 18.6. The Morgan fingerprint density at radius 2 is 0.542 bits per heavy atom. The van der Waals surface area contributed by atoms with E-state index in [9.17, 15) is 0 Å². The number of rotatable bonds is 10. The van der Waals surface area contributed by atoms with Crippen LogP contribution in [-0.2, 0) is 0 Å². The van der Waals surface area contributed by atoms with Crippen molar-refractivity contribution in [3.63, 3.8) is 0 Å². The van der Waals surface area contributed by atoms with Gasteiger partial charge in [-0.05, 0) is 219 Å². The van der Waals surface area contributed by atoms with E-state index in [0.29, 0.717) is 17.4 Å². The van der Waals surface area contributed by atoms with Gasteiger partial charge in [-0.3, -0.25) is 13.7 Å². The van der Waals surface area contributed by atoms with Crippen LogP contribution in [0, 0.1) is 0 Å². The highest BCUT2D eigenvalue weighted by atomic mass is 32.1. The maximum absolute atomic E-state index is 6.51. The van der Waals surface area contributed by atoms with Gasteiger partial charge in [0, 0.05) is 74.6 Å². The van der Waals surface area contributed by atoms with Crippen LogP contribution < -0.4 is 0 Å². The molecule has 142 heavy (non-hydrogen) atoms. The highest BCUT2D eigenvalue weighted by molar-refractivity contribution is 7.25. The zero-order chi connectivity index (χ0) is 93.1. The average molecular weight is 1850 g/mol. The van der Waals surface area contributed by atoms with Gasteiger partial charge in [0.05, 0.1) is 43.9 Å². The Labute approximate surface area is 821 Å². The molecule has 0 atom stereocenters. The van der Waals surface area contributed by atoms with Crippen LogP contribution in [-0.4, -0.2) is 43.6 Å². The van der Waals surface area contributed by atoms with Crippen LogP contribution in [0.4, 0.5) is 0 Å². The van der Waals surface area contributed by atoms with Crippen molar-refractivity contribution in [1.29, 1.82) is 0 Å². The summed E-state index contributed by atoms with van der Waals surface area (Å²) in [6.07, 6.45) is 0. The smallest absolute Gasteiger partial charge is 0.233 e. The second kappa shape index (κ2) is 32.6. The third-order valence-corrected chi connectivity index (χ3v) is 30.6. The minimum Gasteiger partial charge on any atom is -0.437 e. The molecule has 9 heterocycles. The minimum atomic E-state index is 0.564. The maximum Gasteiger partial charge on any atom is 0.233 e. The molecular weight excluding hydrogens is 1770 g/mol. The minimum absolute atomic E-state index is 0.564. The first-order valence-electron chi connectivity index (χ1n) is 47.9. The number of para-hydroxylation sites is 4. The molecule has 30 aromatic rings. The third-order valence-electron chi connectivity index (χ3n) is 28.5. The van der Waals surface area contributed by atoms with Crippen LogP contribution in [0.2, 0.25) is 0 Å². The van der Waals surface area contributed by atoms with Crippen molar-refractivity contribution < 1.29 is 4.42 Å². The number of thiophene rings is 2. The Morgan fingerprint density at radius 3 is 1.04 bits per heavy atom. The first-order chi connectivity index (χ1) is 70.4. The van der Waals surface area contributed by atoms with Crippen molar-refractivity contribution in [1.82, 2.24) is 43.6 Å². The van der Waals surface area contributed by atoms with E-state index in [1.807, 2.05) is 30.3 Å². The molecule has 0 N–H and O–H groups in total. The van der Waals surface area contributed by atoms with Gasteiger partial charge in [0.15, 0.2) is 29.1 Å². The van der Waals surface area contributed by atoms with E-state index in [1.54, 1.807) is 22.7 Å². The lowest BCUT2D eigenvalue weighted by molar-refractivity contribution is 0.653. The second-order valence-electron chi connectivity index (χ2n) is 36.6. The SMILES string of the molecule is c1ccc(-c2cc(-c3ccccc3)cc(-c3nc(-n4c5ccccc5c5cc6ccccc6cc54)c4c(n3)oc3ccccc34)c2)cc1.c1ccc(-c2cc(-c3ccccc3)cc(-c3nc(-n4c5ccccc5c5cc6ccccc6cc54)c4c(n3)sc3ccccc34)c2)cc1.c1ccc2c(c1)-c1cccc3c(-c4nc5c(nc4-n4c6ccccc6c6cc7ccccc7cc64)sc4ccccc45)ccc-2c13. The second-order valence-corrected chi connectivity index (χ2v) is 38.7. The van der Waals surface area contributed by atoms with E-state index < -0.39 is 0 Å². The van der Waals surface area contributed by atoms with Crippen LogP contribution in [0.5, 0.6) is 0 Å². The summed E-state index contributed by atoms with van der Waals surface area (Å²) >= 11 is 3.45. The van der Waals surface area contributed by atoms with Gasteiger partial charge < -0.3 is 4.42 Å².